The molecule has 0 radical (unpaired) electrons. The minimum absolute atomic E-state index is 0.294. The fraction of sp³-hybridized carbons (Fsp3) is 0.111. The number of carbonyl (C=O) groups is 2. The maximum Gasteiger partial charge on any atom is 0.506 e. The minimum atomic E-state index is -1.61. The molecule has 0 bridgehead atoms. The van der Waals surface area contributed by atoms with Crippen molar-refractivity contribution in [2.75, 3.05) is 0 Å². The molecule has 0 amide bonds. The van der Waals surface area contributed by atoms with Crippen molar-refractivity contribution in [1.82, 2.24) is 0 Å². The van der Waals surface area contributed by atoms with Crippen LogP contribution >= 0.6 is 0 Å². The molecule has 0 aliphatic heterocycles. The molecule has 14 heavy (non-hydrogen) atoms. The van der Waals surface area contributed by atoms with E-state index < -0.39 is 18.2 Å². The van der Waals surface area contributed by atoms with Crippen LogP contribution in [-0.4, -0.2) is 22.3 Å². The zero-order valence-electron chi connectivity index (χ0n) is 7.08. The molecule has 0 aliphatic carbocycles. The molecule has 2 N–H and O–H groups in total. The number of hydrogen-bond donors (Lipinski definition) is 2. The van der Waals surface area contributed by atoms with Crippen LogP contribution in [0, 0.1) is 0 Å². The Hall–Kier alpha value is -2.04. The number of benzene rings is 1. The minimum Gasteiger partial charge on any atom is -0.478 e. The van der Waals surface area contributed by atoms with Crippen LogP contribution in [0.15, 0.2) is 30.3 Å². The first-order valence-corrected chi connectivity index (χ1v) is 3.78. The summed E-state index contributed by atoms with van der Waals surface area (Å²) < 4.78 is 4.21. The van der Waals surface area contributed by atoms with Crippen molar-refractivity contribution in [2.45, 2.75) is 6.10 Å². The van der Waals surface area contributed by atoms with E-state index in [2.05, 4.69) is 4.74 Å². The lowest BCUT2D eigenvalue weighted by Gasteiger charge is -2.10. The van der Waals surface area contributed by atoms with Gasteiger partial charge in [0, 0.05) is 5.56 Å². The molecule has 1 atom stereocenters. The quantitative estimate of drug-likeness (QED) is 0.715. The van der Waals surface area contributed by atoms with Gasteiger partial charge in [-0.2, -0.15) is 0 Å². The highest BCUT2D eigenvalue weighted by Crippen LogP contribution is 2.17. The lowest BCUT2D eigenvalue weighted by atomic mass is 10.1. The third-order valence-corrected chi connectivity index (χ3v) is 1.55. The molecule has 0 fully saturated rings. The topological polar surface area (TPSA) is 83.8 Å². The Morgan fingerprint density at radius 2 is 1.71 bits per heavy atom. The smallest absolute Gasteiger partial charge is 0.478 e. The number of ether oxygens (including phenoxy) is 1. The SMILES string of the molecule is O=C(O)O[C@@H](C(=O)O)c1ccccc1. The monoisotopic (exact) mass is 196 g/mol. The molecular weight excluding hydrogens is 188 g/mol. The van der Waals surface area contributed by atoms with Crippen LogP contribution in [0.2, 0.25) is 0 Å². The van der Waals surface area contributed by atoms with Crippen LogP contribution in [0.3, 0.4) is 0 Å². The molecule has 0 unspecified atom stereocenters. The Bertz CT molecular complexity index is 332. The van der Waals surface area contributed by atoms with Gasteiger partial charge in [0.25, 0.3) is 0 Å². The Morgan fingerprint density at radius 3 is 2.14 bits per heavy atom. The van der Waals surface area contributed by atoms with Gasteiger partial charge in [0.1, 0.15) is 0 Å². The second kappa shape index (κ2) is 4.27. The van der Waals surface area contributed by atoms with Crippen LogP contribution in [0.4, 0.5) is 4.79 Å². The predicted molar refractivity (Wildman–Crippen MR) is 45.9 cm³/mol. The predicted octanol–water partition coefficient (Wildman–Crippen LogP) is 1.51. The summed E-state index contributed by atoms with van der Waals surface area (Å²) in [7, 11) is 0. The standard InChI is InChI=1S/C9H8O5/c10-8(11)7(14-9(12)13)6-4-2-1-3-5-6/h1-5,7H,(H,10,11)(H,12,13)/t7-/m1/s1. The fourth-order valence-electron chi connectivity index (χ4n) is 0.990. The van der Waals surface area contributed by atoms with Crippen LogP contribution < -0.4 is 0 Å². The van der Waals surface area contributed by atoms with Crippen LogP contribution in [-0.2, 0) is 9.53 Å². The number of aliphatic carboxylic acids is 1. The van der Waals surface area contributed by atoms with E-state index in [1.54, 1.807) is 18.2 Å². The summed E-state index contributed by atoms with van der Waals surface area (Å²) in [5.74, 6) is -1.33. The van der Waals surface area contributed by atoms with E-state index in [9.17, 15) is 9.59 Å². The first kappa shape index (κ1) is 10.0. The normalized spacial score (nSPS) is 11.7. The number of carboxylic acids is 1. The van der Waals surface area contributed by atoms with E-state index in [0.717, 1.165) is 0 Å². The molecule has 1 rings (SSSR count). The summed E-state index contributed by atoms with van der Waals surface area (Å²) >= 11 is 0. The lowest BCUT2D eigenvalue weighted by molar-refractivity contribution is -0.148. The Morgan fingerprint density at radius 1 is 1.14 bits per heavy atom. The van der Waals surface area contributed by atoms with Gasteiger partial charge in [-0.1, -0.05) is 30.3 Å². The molecule has 0 saturated carbocycles. The van der Waals surface area contributed by atoms with Crippen LogP contribution in [0.1, 0.15) is 11.7 Å². The summed E-state index contributed by atoms with van der Waals surface area (Å²) in [5, 5.41) is 17.0. The molecule has 1 aromatic carbocycles. The molecule has 74 valence electrons. The van der Waals surface area contributed by atoms with Gasteiger partial charge < -0.3 is 14.9 Å². The van der Waals surface area contributed by atoms with Gasteiger partial charge in [-0.15, -0.1) is 0 Å². The fourth-order valence-corrected chi connectivity index (χ4v) is 0.990. The Kier molecular flexibility index (Phi) is 3.06. The van der Waals surface area contributed by atoms with Gasteiger partial charge in [-0.05, 0) is 0 Å². The highest BCUT2D eigenvalue weighted by molar-refractivity contribution is 5.76. The van der Waals surface area contributed by atoms with Crippen molar-refractivity contribution in [3.05, 3.63) is 35.9 Å². The number of hydrogen-bond acceptors (Lipinski definition) is 3. The van der Waals surface area contributed by atoms with Crippen molar-refractivity contribution in [3.63, 3.8) is 0 Å². The van der Waals surface area contributed by atoms with E-state index in [-0.39, 0.29) is 0 Å². The zero-order chi connectivity index (χ0) is 10.6. The summed E-state index contributed by atoms with van der Waals surface area (Å²) in [5.41, 5.74) is 0.294. The van der Waals surface area contributed by atoms with Crippen molar-refractivity contribution in [1.29, 1.82) is 0 Å². The molecule has 5 heteroatoms. The molecule has 5 nitrogen and oxygen atoms in total. The highest BCUT2D eigenvalue weighted by Gasteiger charge is 2.23. The molecular formula is C9H8O5. The van der Waals surface area contributed by atoms with Crippen molar-refractivity contribution >= 4 is 12.1 Å². The van der Waals surface area contributed by atoms with Crippen LogP contribution in [0.25, 0.3) is 0 Å². The van der Waals surface area contributed by atoms with Gasteiger partial charge in [0.2, 0.25) is 6.10 Å². The molecule has 1 aromatic rings. The number of carboxylic acid groups (broad SMARTS) is 2. The summed E-state index contributed by atoms with van der Waals surface area (Å²) in [6, 6.07) is 7.89. The van der Waals surface area contributed by atoms with E-state index in [0.29, 0.717) is 5.56 Å². The summed E-state index contributed by atoms with van der Waals surface area (Å²) in [6.45, 7) is 0. The maximum atomic E-state index is 10.6. The second-order valence-electron chi connectivity index (χ2n) is 2.51. The van der Waals surface area contributed by atoms with Gasteiger partial charge in [0.15, 0.2) is 0 Å². The zero-order valence-corrected chi connectivity index (χ0v) is 7.08. The van der Waals surface area contributed by atoms with Gasteiger partial charge in [0.05, 0.1) is 0 Å². The van der Waals surface area contributed by atoms with E-state index in [1.165, 1.54) is 12.1 Å². The largest absolute Gasteiger partial charge is 0.506 e. The maximum absolute atomic E-state index is 10.6. The molecule has 0 heterocycles. The average Bonchev–Trinajstić information content (AvgIpc) is 2.15. The van der Waals surface area contributed by atoms with Crippen LogP contribution in [0.5, 0.6) is 0 Å². The van der Waals surface area contributed by atoms with Crippen molar-refractivity contribution in [2.24, 2.45) is 0 Å². The van der Waals surface area contributed by atoms with Crippen molar-refractivity contribution < 1.29 is 24.5 Å². The second-order valence-corrected chi connectivity index (χ2v) is 2.51. The van der Waals surface area contributed by atoms with Gasteiger partial charge >= 0.3 is 12.1 Å². The molecule has 0 aliphatic rings. The first-order chi connectivity index (χ1) is 6.61. The van der Waals surface area contributed by atoms with E-state index in [1.807, 2.05) is 0 Å². The lowest BCUT2D eigenvalue weighted by Crippen LogP contribution is -2.18. The molecule has 0 spiro atoms. The first-order valence-electron chi connectivity index (χ1n) is 3.78. The Balaban J connectivity index is 2.89. The van der Waals surface area contributed by atoms with E-state index >= 15 is 0 Å². The van der Waals surface area contributed by atoms with Crippen molar-refractivity contribution in [3.8, 4) is 0 Å². The average molecular weight is 196 g/mol. The third-order valence-electron chi connectivity index (χ3n) is 1.55. The van der Waals surface area contributed by atoms with E-state index in [4.69, 9.17) is 10.2 Å². The molecule has 0 aromatic heterocycles. The molecule has 0 saturated heterocycles. The van der Waals surface area contributed by atoms with Gasteiger partial charge in [-0.25, -0.2) is 9.59 Å². The number of rotatable bonds is 3. The highest BCUT2D eigenvalue weighted by atomic mass is 16.7. The third kappa shape index (κ3) is 2.48. The summed E-state index contributed by atoms with van der Waals surface area (Å²) in [6.07, 6.45) is -3.07. The Labute approximate surface area is 79.6 Å². The summed E-state index contributed by atoms with van der Waals surface area (Å²) in [4.78, 5) is 20.8. The van der Waals surface area contributed by atoms with Gasteiger partial charge in [-0.3, -0.25) is 0 Å².